The lowest BCUT2D eigenvalue weighted by atomic mass is 10.1. The highest BCUT2D eigenvalue weighted by molar-refractivity contribution is 6.31. The first-order valence-electron chi connectivity index (χ1n) is 8.10. The predicted molar refractivity (Wildman–Crippen MR) is 94.5 cm³/mol. The fourth-order valence-electron chi connectivity index (χ4n) is 2.91. The molecule has 27 heavy (non-hydrogen) atoms. The molecule has 2 aromatic carbocycles. The smallest absolute Gasteiger partial charge is 0.417 e. The van der Waals surface area contributed by atoms with E-state index in [0.717, 1.165) is 11.6 Å². The number of rotatable bonds is 5. The van der Waals surface area contributed by atoms with Crippen LogP contribution in [-0.4, -0.2) is 10.5 Å². The van der Waals surface area contributed by atoms with Crippen molar-refractivity contribution in [3.05, 3.63) is 76.9 Å². The molecule has 0 N–H and O–H groups in total. The average molecular weight is 393 g/mol. The number of aryl methyl sites for hydroxylation is 1. The van der Waals surface area contributed by atoms with Crippen LogP contribution in [0.3, 0.4) is 0 Å². The lowest BCUT2D eigenvalue weighted by molar-refractivity contribution is -0.305. The van der Waals surface area contributed by atoms with E-state index < -0.39 is 22.7 Å². The van der Waals surface area contributed by atoms with Gasteiger partial charge in [0.25, 0.3) is 0 Å². The predicted octanol–water partition coefficient (Wildman–Crippen LogP) is 4.50. The zero-order valence-corrected chi connectivity index (χ0v) is 14.7. The Morgan fingerprint density at radius 1 is 1.04 bits per heavy atom. The molecule has 0 radical (unpaired) electrons. The van der Waals surface area contributed by atoms with E-state index in [1.807, 2.05) is 30.3 Å². The van der Waals surface area contributed by atoms with Crippen molar-refractivity contribution in [1.82, 2.24) is 4.57 Å². The van der Waals surface area contributed by atoms with Gasteiger partial charge >= 0.3 is 6.18 Å². The first-order chi connectivity index (χ1) is 12.8. The molecule has 0 saturated heterocycles. The number of hydrogen-bond acceptors (Lipinski definition) is 2. The Bertz CT molecular complexity index is 965. The molecule has 0 aliphatic heterocycles. The van der Waals surface area contributed by atoms with E-state index in [1.54, 1.807) is 16.7 Å². The van der Waals surface area contributed by atoms with E-state index in [-0.39, 0.29) is 18.5 Å². The summed E-state index contributed by atoms with van der Waals surface area (Å²) in [7, 11) is 0. The van der Waals surface area contributed by atoms with Gasteiger partial charge in [0, 0.05) is 17.4 Å². The number of halogens is 4. The summed E-state index contributed by atoms with van der Waals surface area (Å²) in [6, 6.07) is 16.2. The summed E-state index contributed by atoms with van der Waals surface area (Å²) < 4.78 is 41.4. The van der Waals surface area contributed by atoms with Crippen LogP contribution in [-0.2, 0) is 17.4 Å². The normalized spacial score (nSPS) is 11.6. The van der Waals surface area contributed by atoms with Crippen molar-refractivity contribution in [2.75, 3.05) is 0 Å². The third-order valence-corrected chi connectivity index (χ3v) is 4.46. The largest absolute Gasteiger partial charge is 0.550 e. The molecule has 1 heterocycles. The van der Waals surface area contributed by atoms with E-state index in [0.29, 0.717) is 11.4 Å². The van der Waals surface area contributed by atoms with Gasteiger partial charge in [0.05, 0.1) is 16.3 Å². The van der Waals surface area contributed by atoms with Crippen LogP contribution in [0.2, 0.25) is 5.02 Å². The van der Waals surface area contributed by atoms with Gasteiger partial charge in [0.2, 0.25) is 0 Å². The van der Waals surface area contributed by atoms with Crippen molar-refractivity contribution in [3.63, 3.8) is 0 Å². The summed E-state index contributed by atoms with van der Waals surface area (Å²) in [6.45, 7) is 0. The topological polar surface area (TPSA) is 45.1 Å². The van der Waals surface area contributed by atoms with Crippen molar-refractivity contribution in [1.29, 1.82) is 0 Å². The van der Waals surface area contributed by atoms with Crippen LogP contribution in [0.1, 0.15) is 17.7 Å². The monoisotopic (exact) mass is 392 g/mol. The highest BCUT2D eigenvalue weighted by Crippen LogP contribution is 2.37. The minimum Gasteiger partial charge on any atom is -0.550 e. The second-order valence-electron chi connectivity index (χ2n) is 5.95. The van der Waals surface area contributed by atoms with Crippen molar-refractivity contribution in [2.24, 2.45) is 0 Å². The van der Waals surface area contributed by atoms with E-state index >= 15 is 0 Å². The van der Waals surface area contributed by atoms with Gasteiger partial charge in [-0.3, -0.25) is 0 Å². The standard InChI is InChI=1S/C20H15ClF3NO2/c21-17-9-6-15(12-16(17)20(22,23)24)25-14(8-11-19(26)27)7-10-18(25)13-4-2-1-3-5-13/h1-7,9-10,12H,8,11H2,(H,26,27)/p-1. The second kappa shape index (κ2) is 7.48. The Hall–Kier alpha value is -2.73. The van der Waals surface area contributed by atoms with E-state index in [9.17, 15) is 23.1 Å². The van der Waals surface area contributed by atoms with Gasteiger partial charge in [-0.1, -0.05) is 41.9 Å². The average Bonchev–Trinajstić information content (AvgIpc) is 3.04. The zero-order chi connectivity index (χ0) is 19.6. The first-order valence-corrected chi connectivity index (χ1v) is 8.48. The van der Waals surface area contributed by atoms with Gasteiger partial charge in [-0.25, -0.2) is 0 Å². The number of hydrogen-bond donors (Lipinski definition) is 0. The molecule has 0 spiro atoms. The number of benzene rings is 2. The van der Waals surface area contributed by atoms with Gasteiger partial charge < -0.3 is 14.5 Å². The third-order valence-electron chi connectivity index (χ3n) is 4.13. The van der Waals surface area contributed by atoms with Gasteiger partial charge in [0.15, 0.2) is 0 Å². The van der Waals surface area contributed by atoms with Crippen LogP contribution in [0, 0.1) is 0 Å². The highest BCUT2D eigenvalue weighted by atomic mass is 35.5. The van der Waals surface area contributed by atoms with Crippen LogP contribution in [0.15, 0.2) is 60.7 Å². The molecule has 7 heteroatoms. The number of aliphatic carboxylic acids is 1. The van der Waals surface area contributed by atoms with Gasteiger partial charge in [0.1, 0.15) is 0 Å². The Morgan fingerprint density at radius 3 is 2.37 bits per heavy atom. The minimum atomic E-state index is -4.60. The maximum Gasteiger partial charge on any atom is 0.417 e. The molecule has 0 unspecified atom stereocenters. The molecule has 0 amide bonds. The molecular weight excluding hydrogens is 379 g/mol. The number of alkyl halides is 3. The Morgan fingerprint density at radius 2 is 1.74 bits per heavy atom. The summed E-state index contributed by atoms with van der Waals surface area (Å²) >= 11 is 5.73. The maximum atomic E-state index is 13.3. The van der Waals surface area contributed by atoms with Gasteiger partial charge in [-0.15, -0.1) is 0 Å². The summed E-state index contributed by atoms with van der Waals surface area (Å²) in [4.78, 5) is 10.8. The lowest BCUT2D eigenvalue weighted by Crippen LogP contribution is -2.22. The van der Waals surface area contributed by atoms with Crippen molar-refractivity contribution in [3.8, 4) is 16.9 Å². The molecule has 0 saturated carbocycles. The van der Waals surface area contributed by atoms with E-state index in [1.165, 1.54) is 12.1 Å². The fraction of sp³-hybridized carbons (Fsp3) is 0.150. The van der Waals surface area contributed by atoms with Crippen molar-refractivity contribution in [2.45, 2.75) is 19.0 Å². The quantitative estimate of drug-likeness (QED) is 0.641. The number of carboxylic acid groups (broad SMARTS) is 1. The zero-order valence-electron chi connectivity index (χ0n) is 14.0. The summed E-state index contributed by atoms with van der Waals surface area (Å²) in [5.41, 5.74) is 1.32. The summed E-state index contributed by atoms with van der Waals surface area (Å²) in [5, 5.41) is 10.4. The summed E-state index contributed by atoms with van der Waals surface area (Å²) in [6.07, 6.45) is -4.71. The number of aromatic nitrogens is 1. The van der Waals surface area contributed by atoms with Crippen LogP contribution in [0.25, 0.3) is 16.9 Å². The molecule has 3 aromatic rings. The number of carboxylic acids is 1. The minimum absolute atomic E-state index is 0.124. The SMILES string of the molecule is O=C([O-])CCc1ccc(-c2ccccc2)n1-c1ccc(Cl)c(C(F)(F)F)c1. The van der Waals surface area contributed by atoms with Crippen molar-refractivity contribution < 1.29 is 23.1 Å². The Balaban J connectivity index is 2.18. The van der Waals surface area contributed by atoms with E-state index in [4.69, 9.17) is 11.6 Å². The van der Waals surface area contributed by atoms with Crippen LogP contribution >= 0.6 is 11.6 Å². The van der Waals surface area contributed by atoms with Crippen molar-refractivity contribution >= 4 is 17.6 Å². The molecular formula is C20H14ClF3NO2-. The van der Waals surface area contributed by atoms with E-state index in [2.05, 4.69) is 0 Å². The second-order valence-corrected chi connectivity index (χ2v) is 6.35. The number of carbonyl (C=O) groups is 1. The van der Waals surface area contributed by atoms with Crippen LogP contribution in [0.4, 0.5) is 13.2 Å². The van der Waals surface area contributed by atoms with Gasteiger partial charge in [-0.05, 0) is 48.7 Å². The molecule has 3 rings (SSSR count). The molecule has 1 aromatic heterocycles. The molecule has 0 aliphatic rings. The molecule has 3 nitrogen and oxygen atoms in total. The highest BCUT2D eigenvalue weighted by Gasteiger charge is 2.33. The number of nitrogens with zero attached hydrogens (tertiary/aromatic N) is 1. The third kappa shape index (κ3) is 4.17. The molecule has 0 atom stereocenters. The fourth-order valence-corrected chi connectivity index (χ4v) is 3.14. The molecule has 0 fully saturated rings. The molecule has 0 bridgehead atoms. The molecule has 140 valence electrons. The lowest BCUT2D eigenvalue weighted by Gasteiger charge is -2.17. The maximum absolute atomic E-state index is 13.3. The number of carbonyl (C=O) groups excluding carboxylic acids is 1. The molecule has 0 aliphatic carbocycles. The Labute approximate surface area is 158 Å². The summed E-state index contributed by atoms with van der Waals surface area (Å²) in [5.74, 6) is -1.23. The van der Waals surface area contributed by atoms with Gasteiger partial charge in [-0.2, -0.15) is 13.2 Å². The van der Waals surface area contributed by atoms with Crippen LogP contribution in [0.5, 0.6) is 0 Å². The van der Waals surface area contributed by atoms with Crippen LogP contribution < -0.4 is 5.11 Å². The first kappa shape index (κ1) is 19.0. The Kier molecular flexibility index (Phi) is 5.28.